The number of imidazole rings is 1. The molecule has 7 nitrogen and oxygen atoms in total. The predicted molar refractivity (Wildman–Crippen MR) is 151 cm³/mol. The number of benzene rings is 3. The van der Waals surface area contributed by atoms with Crippen LogP contribution in [0.1, 0.15) is 61.6 Å². The minimum Gasteiger partial charge on any atom is -0.507 e. The maximum Gasteiger partial charge on any atom is 0.302 e. The molecule has 0 radical (unpaired) electrons. The van der Waals surface area contributed by atoms with Gasteiger partial charge in [-0.1, -0.05) is 51.1 Å². The van der Waals surface area contributed by atoms with Crippen LogP contribution in [0.3, 0.4) is 0 Å². The van der Waals surface area contributed by atoms with Crippen molar-refractivity contribution in [1.29, 1.82) is 0 Å². The van der Waals surface area contributed by atoms with E-state index in [2.05, 4.69) is 30.7 Å². The number of carbonyl (C=O) groups is 2. The molecule has 3 aromatic carbocycles. The summed E-state index contributed by atoms with van der Waals surface area (Å²) in [6.45, 7) is 10.3. The molecule has 39 heavy (non-hydrogen) atoms. The predicted octanol–water partition coefficient (Wildman–Crippen LogP) is 6.12. The average Bonchev–Trinajstić information content (AvgIpc) is 3.55. The molecule has 0 saturated carbocycles. The van der Waals surface area contributed by atoms with Gasteiger partial charge in [0, 0.05) is 12.0 Å². The van der Waals surface area contributed by atoms with E-state index in [4.69, 9.17) is 4.74 Å². The first-order chi connectivity index (χ1) is 18.5. The van der Waals surface area contributed by atoms with Gasteiger partial charge >= 0.3 is 5.91 Å². The average molecular weight is 522 g/mol. The van der Waals surface area contributed by atoms with Crippen LogP contribution >= 0.6 is 0 Å². The zero-order chi connectivity index (χ0) is 27.6. The normalized spacial score (nSPS) is 20.5. The molecule has 2 N–H and O–H groups in total. The number of aryl methyl sites for hydroxylation is 1. The van der Waals surface area contributed by atoms with E-state index in [-0.39, 0.29) is 28.8 Å². The van der Waals surface area contributed by atoms with Crippen LogP contribution in [0.25, 0.3) is 16.8 Å². The molecule has 2 unspecified atom stereocenters. The Kier molecular flexibility index (Phi) is 5.64. The number of hydrogen-bond acceptors (Lipinski definition) is 5. The largest absolute Gasteiger partial charge is 0.507 e. The summed E-state index contributed by atoms with van der Waals surface area (Å²) in [4.78, 5) is 36.4. The molecular weight excluding hydrogens is 490 g/mol. The van der Waals surface area contributed by atoms with Crippen LogP contribution in [0, 0.1) is 6.92 Å². The lowest BCUT2D eigenvalue weighted by atomic mass is 9.85. The Bertz CT molecular complexity index is 1670. The second-order valence-corrected chi connectivity index (χ2v) is 11.6. The fraction of sp³-hybridized carbons (Fsp3) is 0.281. The van der Waals surface area contributed by atoms with Crippen LogP contribution < -0.4 is 9.64 Å². The van der Waals surface area contributed by atoms with Gasteiger partial charge in [-0.2, -0.15) is 0 Å². The number of hydrogen-bond donors (Lipinski definition) is 2. The molecule has 2 atom stereocenters. The molecule has 0 aliphatic carbocycles. The number of ketones is 1. The smallest absolute Gasteiger partial charge is 0.302 e. The van der Waals surface area contributed by atoms with Crippen molar-refractivity contribution >= 4 is 34.4 Å². The Morgan fingerprint density at radius 2 is 1.79 bits per heavy atom. The van der Waals surface area contributed by atoms with Crippen LogP contribution in [-0.4, -0.2) is 32.9 Å². The van der Waals surface area contributed by atoms with Gasteiger partial charge in [0.05, 0.1) is 22.6 Å². The van der Waals surface area contributed by atoms with E-state index in [1.54, 1.807) is 12.1 Å². The highest BCUT2D eigenvalue weighted by Gasteiger charge is 2.48. The highest BCUT2D eigenvalue weighted by molar-refractivity contribution is 6.51. The summed E-state index contributed by atoms with van der Waals surface area (Å²) in [6.07, 6.45) is 0.752. The molecule has 0 spiro atoms. The van der Waals surface area contributed by atoms with Crippen LogP contribution in [0.15, 0.2) is 66.2 Å². The summed E-state index contributed by atoms with van der Waals surface area (Å²) in [7, 11) is 0. The summed E-state index contributed by atoms with van der Waals surface area (Å²) in [6, 6.07) is 18.1. The number of Topliss-reactive ketones (excluding diaryl/α,β-unsaturated/α-hetero) is 1. The van der Waals surface area contributed by atoms with Gasteiger partial charge in [-0.15, -0.1) is 0 Å². The van der Waals surface area contributed by atoms with Gasteiger partial charge in [0.25, 0.3) is 5.78 Å². The molecule has 6 rings (SSSR count). The van der Waals surface area contributed by atoms with Gasteiger partial charge in [0.15, 0.2) is 0 Å². The highest BCUT2D eigenvalue weighted by atomic mass is 16.5. The van der Waals surface area contributed by atoms with E-state index >= 15 is 0 Å². The standard InChI is InChI=1S/C32H31N3O4/c1-17-6-12-23-24(14-17)34-31(33-23)35-27(19-7-10-22(11-8-19)32(3,4)5)26(29(37)30(35)38)28(36)20-9-13-25-21(16-20)15-18(2)39-25/h6-14,16,18,27,36H,15H2,1-5H3,(H,33,34)/b28-26+. The van der Waals surface area contributed by atoms with Gasteiger partial charge in [0.1, 0.15) is 17.6 Å². The Morgan fingerprint density at radius 1 is 1.05 bits per heavy atom. The third-order valence-electron chi connectivity index (χ3n) is 7.56. The highest BCUT2D eigenvalue weighted by Crippen LogP contribution is 2.43. The van der Waals surface area contributed by atoms with E-state index in [9.17, 15) is 14.7 Å². The first-order valence-electron chi connectivity index (χ1n) is 13.2. The number of aromatic nitrogens is 2. The number of H-pyrrole nitrogens is 1. The lowest BCUT2D eigenvalue weighted by molar-refractivity contribution is -0.132. The number of amides is 1. The van der Waals surface area contributed by atoms with Gasteiger partial charge in [-0.3, -0.25) is 14.5 Å². The lowest BCUT2D eigenvalue weighted by Crippen LogP contribution is -2.30. The van der Waals surface area contributed by atoms with E-state index in [1.807, 2.05) is 62.4 Å². The van der Waals surface area contributed by atoms with Crippen molar-refractivity contribution in [2.45, 2.75) is 58.6 Å². The van der Waals surface area contributed by atoms with Gasteiger partial charge in [0.2, 0.25) is 5.95 Å². The molecule has 2 aliphatic heterocycles. The fourth-order valence-corrected chi connectivity index (χ4v) is 5.48. The Hall–Kier alpha value is -4.39. The van der Waals surface area contributed by atoms with Gasteiger partial charge < -0.3 is 14.8 Å². The topological polar surface area (TPSA) is 95.5 Å². The molecule has 2 aliphatic rings. The molecule has 3 heterocycles. The summed E-state index contributed by atoms with van der Waals surface area (Å²) in [5.41, 5.74) is 5.72. The third kappa shape index (κ3) is 4.18. The molecule has 1 aromatic heterocycles. The van der Waals surface area contributed by atoms with Crippen LogP contribution in [0.2, 0.25) is 0 Å². The third-order valence-corrected chi connectivity index (χ3v) is 7.56. The summed E-state index contributed by atoms with van der Waals surface area (Å²) in [5, 5.41) is 11.6. The van der Waals surface area contributed by atoms with Crippen molar-refractivity contribution in [3.63, 3.8) is 0 Å². The number of carbonyl (C=O) groups excluding carboxylic acids is 2. The molecule has 7 heteroatoms. The second kappa shape index (κ2) is 8.83. The number of fused-ring (bicyclic) bond motifs is 2. The van der Waals surface area contributed by atoms with E-state index in [1.165, 1.54) is 4.90 Å². The van der Waals surface area contributed by atoms with Gasteiger partial charge in [-0.05, 0) is 71.8 Å². The number of rotatable bonds is 3. The van der Waals surface area contributed by atoms with Crippen molar-refractivity contribution in [2.24, 2.45) is 0 Å². The summed E-state index contributed by atoms with van der Waals surface area (Å²) >= 11 is 0. The van der Waals surface area contributed by atoms with E-state index in [0.717, 1.165) is 28.0 Å². The lowest BCUT2D eigenvalue weighted by Gasteiger charge is -2.25. The fourth-order valence-electron chi connectivity index (χ4n) is 5.48. The number of aliphatic hydroxyl groups is 1. The monoisotopic (exact) mass is 521 g/mol. The number of anilines is 1. The molecule has 198 valence electrons. The first-order valence-corrected chi connectivity index (χ1v) is 13.2. The molecular formula is C32H31N3O4. The quantitative estimate of drug-likeness (QED) is 0.192. The van der Waals surface area contributed by atoms with Crippen molar-refractivity contribution < 1.29 is 19.4 Å². The van der Waals surface area contributed by atoms with Crippen LogP contribution in [0.5, 0.6) is 5.75 Å². The minimum absolute atomic E-state index is 0.0343. The van der Waals surface area contributed by atoms with Crippen molar-refractivity contribution in [2.75, 3.05) is 4.90 Å². The molecule has 0 bridgehead atoms. The zero-order valence-corrected chi connectivity index (χ0v) is 22.7. The Morgan fingerprint density at radius 3 is 2.51 bits per heavy atom. The SMILES string of the molecule is Cc1ccc2nc(N3C(=O)C(=O)/C(=C(/O)c4ccc5c(c4)CC(C)O5)C3c3ccc(C(C)(C)C)cc3)[nH]c2c1. The summed E-state index contributed by atoms with van der Waals surface area (Å²) < 4.78 is 5.81. The molecule has 1 fully saturated rings. The molecule has 4 aromatic rings. The maximum absolute atomic E-state index is 13.6. The van der Waals surface area contributed by atoms with Gasteiger partial charge in [-0.25, -0.2) is 4.98 Å². The van der Waals surface area contributed by atoms with E-state index < -0.39 is 17.7 Å². The number of aromatic amines is 1. The van der Waals surface area contributed by atoms with E-state index in [0.29, 0.717) is 23.1 Å². The van der Waals surface area contributed by atoms with Crippen molar-refractivity contribution in [1.82, 2.24) is 9.97 Å². The number of nitrogens with zero attached hydrogens (tertiary/aromatic N) is 2. The van der Waals surface area contributed by atoms with Crippen molar-refractivity contribution in [3.05, 3.63) is 94.1 Å². The Labute approximate surface area is 227 Å². The number of aliphatic hydroxyl groups excluding tert-OH is 1. The number of nitrogens with one attached hydrogen (secondary N) is 1. The summed E-state index contributed by atoms with van der Waals surface area (Å²) in [5.74, 6) is -0.672. The zero-order valence-electron chi connectivity index (χ0n) is 22.7. The first kappa shape index (κ1) is 24.9. The maximum atomic E-state index is 13.6. The molecule has 1 saturated heterocycles. The van der Waals surface area contributed by atoms with Crippen LogP contribution in [0.4, 0.5) is 5.95 Å². The van der Waals surface area contributed by atoms with Crippen LogP contribution in [-0.2, 0) is 21.4 Å². The van der Waals surface area contributed by atoms with Crippen molar-refractivity contribution in [3.8, 4) is 5.75 Å². The minimum atomic E-state index is -0.857. The Balaban J connectivity index is 1.53. The number of ether oxygens (including phenoxy) is 1. The second-order valence-electron chi connectivity index (χ2n) is 11.6. The molecule has 1 amide bonds.